The fraction of sp³-hybridized carbons (Fsp3) is 0.732. The van der Waals surface area contributed by atoms with E-state index < -0.39 is 53.3 Å². The van der Waals surface area contributed by atoms with Gasteiger partial charge in [0.15, 0.2) is 0 Å². The van der Waals surface area contributed by atoms with Crippen molar-refractivity contribution in [3.8, 4) is 6.07 Å². The Morgan fingerprint density at radius 2 is 1.61 bits per heavy atom. The number of nitriles is 1. The number of ether oxygens (including phenoxy) is 2. The summed E-state index contributed by atoms with van der Waals surface area (Å²) in [5.41, 5.74) is 0.694. The lowest BCUT2D eigenvalue weighted by Gasteiger charge is -2.41. The minimum absolute atomic E-state index is 0.00905. The maximum absolute atomic E-state index is 14.2. The summed E-state index contributed by atoms with van der Waals surface area (Å²) in [7, 11) is 8.45. The van der Waals surface area contributed by atoms with Crippen molar-refractivity contribution in [3.63, 3.8) is 0 Å². The number of hydrogen-bond acceptors (Lipinski definition) is 10. The SMILES string of the molecule is CC[C@H](C)[C@@H]([C@@H](CC(=O)N1CCC[C@H]1[C@H](OC)[C@@H](C)C(=O)N[C@H](CC#N)Cc1ccc([N+](=O)[O-])cc1)OC)N(C)C(=O)C(NC(=O)[C@H](C(C)C)N(C)C)C(C)C. The van der Waals surface area contributed by atoms with Gasteiger partial charge in [-0.2, -0.15) is 5.26 Å². The van der Waals surface area contributed by atoms with Gasteiger partial charge >= 0.3 is 0 Å². The first-order valence-corrected chi connectivity index (χ1v) is 19.8. The molecule has 0 radical (unpaired) electrons. The van der Waals surface area contributed by atoms with Gasteiger partial charge in [0.25, 0.3) is 5.69 Å². The van der Waals surface area contributed by atoms with Gasteiger partial charge in [0.05, 0.1) is 60.1 Å². The molecule has 0 aliphatic carbocycles. The van der Waals surface area contributed by atoms with Crippen LogP contribution in [0.15, 0.2) is 24.3 Å². The summed E-state index contributed by atoms with van der Waals surface area (Å²) in [6.45, 7) is 14.0. The van der Waals surface area contributed by atoms with Gasteiger partial charge in [-0.1, -0.05) is 67.0 Å². The van der Waals surface area contributed by atoms with E-state index in [-0.39, 0.29) is 59.9 Å². The van der Waals surface area contributed by atoms with Crippen LogP contribution in [-0.2, 0) is 35.1 Å². The van der Waals surface area contributed by atoms with Gasteiger partial charge in [0, 0.05) is 46.0 Å². The minimum Gasteiger partial charge on any atom is -0.379 e. The molecule has 9 atom stereocenters. The fourth-order valence-corrected chi connectivity index (χ4v) is 8.07. The van der Waals surface area contributed by atoms with Crippen LogP contribution in [0.2, 0.25) is 0 Å². The van der Waals surface area contributed by atoms with Crippen LogP contribution in [0, 0.1) is 45.1 Å². The van der Waals surface area contributed by atoms with E-state index >= 15 is 0 Å². The molecule has 0 bridgehead atoms. The zero-order valence-corrected chi connectivity index (χ0v) is 35.6. The molecule has 1 heterocycles. The Balaban J connectivity index is 2.27. The topological polar surface area (TPSA) is 187 Å². The van der Waals surface area contributed by atoms with Gasteiger partial charge in [0.1, 0.15) is 6.04 Å². The second kappa shape index (κ2) is 22.6. The van der Waals surface area contributed by atoms with E-state index in [1.807, 2.05) is 60.5 Å². The van der Waals surface area contributed by atoms with Crippen LogP contribution in [0.4, 0.5) is 5.69 Å². The molecule has 2 N–H and O–H groups in total. The highest BCUT2D eigenvalue weighted by Crippen LogP contribution is 2.30. The van der Waals surface area contributed by atoms with Crippen LogP contribution in [0.25, 0.3) is 0 Å². The summed E-state index contributed by atoms with van der Waals surface area (Å²) in [5.74, 6) is -1.88. The average molecular weight is 786 g/mol. The summed E-state index contributed by atoms with van der Waals surface area (Å²) in [4.78, 5) is 71.4. The molecule has 0 spiro atoms. The molecule has 1 aromatic carbocycles. The van der Waals surface area contributed by atoms with Crippen molar-refractivity contribution < 1.29 is 33.6 Å². The lowest BCUT2D eigenvalue weighted by Crippen LogP contribution is -2.59. The Kier molecular flexibility index (Phi) is 19.4. The Bertz CT molecular complexity index is 1490. The van der Waals surface area contributed by atoms with Crippen molar-refractivity contribution in [2.45, 2.75) is 129 Å². The Morgan fingerprint density at radius 3 is 2.09 bits per heavy atom. The number of nitro benzene ring substituents is 1. The third kappa shape index (κ3) is 12.7. The molecule has 4 amide bonds. The number of likely N-dealkylation sites (N-methyl/N-ethyl adjacent to an activating group) is 2. The quantitative estimate of drug-likeness (QED) is 0.128. The van der Waals surface area contributed by atoms with Crippen molar-refractivity contribution in [1.82, 2.24) is 25.3 Å². The highest BCUT2D eigenvalue weighted by atomic mass is 16.6. The number of rotatable bonds is 22. The van der Waals surface area contributed by atoms with E-state index in [2.05, 4.69) is 16.7 Å². The maximum Gasteiger partial charge on any atom is 0.269 e. The zero-order chi connectivity index (χ0) is 42.4. The Hall–Kier alpha value is -4.13. The summed E-state index contributed by atoms with van der Waals surface area (Å²) >= 11 is 0. The van der Waals surface area contributed by atoms with E-state index in [9.17, 15) is 34.6 Å². The predicted molar refractivity (Wildman–Crippen MR) is 214 cm³/mol. The van der Waals surface area contributed by atoms with Crippen molar-refractivity contribution in [3.05, 3.63) is 39.9 Å². The minimum atomic E-state index is -0.784. The molecule has 15 heteroatoms. The number of nitrogens with one attached hydrogen (secondary N) is 2. The second-order valence-corrected chi connectivity index (χ2v) is 16.2. The van der Waals surface area contributed by atoms with Crippen LogP contribution >= 0.6 is 0 Å². The van der Waals surface area contributed by atoms with Crippen LogP contribution < -0.4 is 10.6 Å². The molecule has 56 heavy (non-hydrogen) atoms. The van der Waals surface area contributed by atoms with Crippen molar-refractivity contribution in [2.75, 3.05) is 41.9 Å². The van der Waals surface area contributed by atoms with Crippen LogP contribution in [0.5, 0.6) is 0 Å². The van der Waals surface area contributed by atoms with Crippen LogP contribution in [0.3, 0.4) is 0 Å². The number of hydrogen-bond donors (Lipinski definition) is 2. The van der Waals surface area contributed by atoms with Crippen molar-refractivity contribution >= 4 is 29.3 Å². The average Bonchev–Trinajstić information content (AvgIpc) is 3.62. The monoisotopic (exact) mass is 786 g/mol. The molecule has 1 aromatic rings. The van der Waals surface area contributed by atoms with E-state index in [1.165, 1.54) is 26.4 Å². The first-order chi connectivity index (χ1) is 26.3. The zero-order valence-electron chi connectivity index (χ0n) is 35.6. The molecule has 15 nitrogen and oxygen atoms in total. The van der Waals surface area contributed by atoms with E-state index in [4.69, 9.17) is 9.47 Å². The third-order valence-corrected chi connectivity index (χ3v) is 11.3. The van der Waals surface area contributed by atoms with Gasteiger partial charge in [-0.25, -0.2) is 0 Å². The van der Waals surface area contributed by atoms with Crippen molar-refractivity contribution in [2.24, 2.45) is 23.7 Å². The number of nitro groups is 1. The first-order valence-electron chi connectivity index (χ1n) is 19.8. The molecule has 0 aromatic heterocycles. The number of carbonyl (C=O) groups excluding carboxylic acids is 4. The summed E-state index contributed by atoms with van der Waals surface area (Å²) in [6.07, 6.45) is 1.08. The summed E-state index contributed by atoms with van der Waals surface area (Å²) < 4.78 is 11.9. The molecule has 1 unspecified atom stereocenters. The standard InChI is InChI=1S/C41H67N7O8/c1-13-27(6)37(46(10)41(52)35(25(2)3)44-40(51)36(26(4)5)45(8)9)33(55-11)24-34(49)47-22-14-15-32(47)38(56-12)28(7)39(50)43-30(20-21-42)23-29-16-18-31(19-17-29)48(53)54/h16-19,25-28,30,32-33,35-38H,13-15,20,22-24H2,1-12H3,(H,43,50)(H,44,51)/t27-,28+,30+,32-,33+,35?,36-,37-,38+/m0/s1. The van der Waals surface area contributed by atoms with E-state index in [0.29, 0.717) is 32.2 Å². The molecular formula is C41H67N7O8. The first kappa shape index (κ1) is 48.0. The lowest BCUT2D eigenvalue weighted by molar-refractivity contribution is -0.384. The molecule has 2 rings (SSSR count). The highest BCUT2D eigenvalue weighted by molar-refractivity contribution is 5.90. The fourth-order valence-electron chi connectivity index (χ4n) is 8.07. The number of non-ortho nitro benzene ring substituents is 1. The molecule has 0 saturated carbocycles. The number of amides is 4. The lowest BCUT2D eigenvalue weighted by atomic mass is 9.89. The Labute approximate surface area is 333 Å². The second-order valence-electron chi connectivity index (χ2n) is 16.2. The van der Waals surface area contributed by atoms with Crippen LogP contribution in [-0.4, -0.2) is 128 Å². The molecule has 314 valence electrons. The number of nitrogens with zero attached hydrogens (tertiary/aromatic N) is 5. The predicted octanol–water partition coefficient (Wildman–Crippen LogP) is 4.18. The smallest absolute Gasteiger partial charge is 0.269 e. The maximum atomic E-state index is 14.2. The molecule has 1 aliphatic heterocycles. The molecule has 1 fully saturated rings. The van der Waals surface area contributed by atoms with Gasteiger partial charge < -0.3 is 29.9 Å². The third-order valence-electron chi connectivity index (χ3n) is 11.3. The molecule has 1 aliphatic rings. The largest absolute Gasteiger partial charge is 0.379 e. The van der Waals surface area contributed by atoms with E-state index in [0.717, 1.165) is 5.56 Å². The van der Waals surface area contributed by atoms with Gasteiger partial charge in [0.2, 0.25) is 23.6 Å². The molecule has 1 saturated heterocycles. The highest BCUT2D eigenvalue weighted by Gasteiger charge is 2.43. The van der Waals surface area contributed by atoms with Crippen molar-refractivity contribution in [1.29, 1.82) is 5.26 Å². The normalized spacial score (nSPS) is 18.7. The number of methoxy groups -OCH3 is 2. The summed E-state index contributed by atoms with van der Waals surface area (Å²) in [6, 6.07) is 5.50. The molecular weight excluding hydrogens is 718 g/mol. The van der Waals surface area contributed by atoms with Gasteiger partial charge in [-0.15, -0.1) is 0 Å². The van der Waals surface area contributed by atoms with E-state index in [1.54, 1.807) is 35.9 Å². The Morgan fingerprint density at radius 1 is 0.982 bits per heavy atom. The van der Waals surface area contributed by atoms with Crippen LogP contribution in [0.1, 0.15) is 86.1 Å². The number of carbonyl (C=O) groups is 4. The summed E-state index contributed by atoms with van der Waals surface area (Å²) in [5, 5.41) is 26.5. The van der Waals surface area contributed by atoms with Gasteiger partial charge in [-0.3, -0.25) is 34.2 Å². The number of likely N-dealkylation sites (tertiary alicyclic amines) is 1. The number of benzene rings is 1. The van der Waals surface area contributed by atoms with Gasteiger partial charge in [-0.05, 0) is 56.7 Å².